The molecule has 1 fully saturated rings. The van der Waals surface area contributed by atoms with E-state index in [9.17, 15) is 5.11 Å². The summed E-state index contributed by atoms with van der Waals surface area (Å²) in [4.78, 5) is 0. The number of phenols is 1. The largest absolute Gasteiger partial charge is 0.508 e. The molecule has 1 N–H and O–H groups in total. The molecule has 0 saturated carbocycles. The molecule has 0 amide bonds. The van der Waals surface area contributed by atoms with E-state index in [1.54, 1.807) is 6.07 Å². The fourth-order valence-corrected chi connectivity index (χ4v) is 2.12. The van der Waals surface area contributed by atoms with E-state index in [1.165, 1.54) is 0 Å². The highest BCUT2D eigenvalue weighted by atomic mass is 16.7. The first kappa shape index (κ1) is 11.4. The zero-order valence-corrected chi connectivity index (χ0v) is 9.88. The maximum Gasteiger partial charge on any atom is 0.156 e. The second kappa shape index (κ2) is 4.44. The Kier molecular flexibility index (Phi) is 3.17. The van der Waals surface area contributed by atoms with Gasteiger partial charge >= 0.3 is 0 Å². The number of rotatable bonds is 1. The highest BCUT2D eigenvalue weighted by Crippen LogP contribution is 2.38. The van der Waals surface area contributed by atoms with Gasteiger partial charge in [0.2, 0.25) is 0 Å². The second-order valence-electron chi connectivity index (χ2n) is 4.38. The second-order valence-corrected chi connectivity index (χ2v) is 4.38. The maximum absolute atomic E-state index is 9.83. The molecule has 1 aliphatic rings. The third kappa shape index (κ3) is 2.06. The lowest BCUT2D eigenvalue weighted by atomic mass is 9.91. The monoisotopic (exact) mass is 222 g/mol. The van der Waals surface area contributed by atoms with Gasteiger partial charge in [-0.05, 0) is 19.9 Å². The minimum atomic E-state index is -0.226. The summed E-state index contributed by atoms with van der Waals surface area (Å²) in [6, 6.07) is 7.32. The third-order valence-corrected chi connectivity index (χ3v) is 3.21. The Morgan fingerprint density at radius 1 is 1.06 bits per heavy atom. The van der Waals surface area contributed by atoms with E-state index in [1.807, 2.05) is 32.0 Å². The molecule has 0 aliphatic carbocycles. The van der Waals surface area contributed by atoms with E-state index in [0.717, 1.165) is 5.56 Å². The van der Waals surface area contributed by atoms with Crippen molar-refractivity contribution in [3.8, 4) is 5.75 Å². The molecule has 3 heteroatoms. The van der Waals surface area contributed by atoms with Gasteiger partial charge < -0.3 is 14.6 Å². The van der Waals surface area contributed by atoms with Gasteiger partial charge in [-0.15, -0.1) is 0 Å². The van der Waals surface area contributed by atoms with Crippen molar-refractivity contribution in [1.82, 2.24) is 0 Å². The maximum atomic E-state index is 9.83. The zero-order valence-electron chi connectivity index (χ0n) is 9.88. The van der Waals surface area contributed by atoms with Crippen molar-refractivity contribution in [2.75, 3.05) is 0 Å². The van der Waals surface area contributed by atoms with Gasteiger partial charge in [0, 0.05) is 11.5 Å². The lowest BCUT2D eigenvalue weighted by Crippen LogP contribution is -2.37. The highest BCUT2D eigenvalue weighted by molar-refractivity contribution is 5.34. The lowest BCUT2D eigenvalue weighted by molar-refractivity contribution is -0.256. The molecular formula is C13H18O3. The molecule has 3 nitrogen and oxygen atoms in total. The summed E-state index contributed by atoms with van der Waals surface area (Å²) in [5.41, 5.74) is 0.844. The van der Waals surface area contributed by atoms with E-state index >= 15 is 0 Å². The van der Waals surface area contributed by atoms with Crippen molar-refractivity contribution >= 4 is 0 Å². The van der Waals surface area contributed by atoms with E-state index in [4.69, 9.17) is 9.47 Å². The standard InChI is InChI=1S/C13H18O3/c1-8-9(2)15-10(3)16-13(8)11-6-4-5-7-12(11)14/h4-10,13-14H,1-3H3/t8-,9-,10-,13-/m0/s1. The molecule has 0 unspecified atom stereocenters. The SMILES string of the molecule is C[C@H]1O[C@@H](C)[C@H](C)[C@@H](c2ccccc2O)O1. The van der Waals surface area contributed by atoms with Crippen LogP contribution >= 0.6 is 0 Å². The summed E-state index contributed by atoms with van der Waals surface area (Å²) in [5.74, 6) is 0.519. The van der Waals surface area contributed by atoms with Gasteiger partial charge in [0.25, 0.3) is 0 Å². The smallest absolute Gasteiger partial charge is 0.156 e. The predicted molar refractivity (Wildman–Crippen MR) is 61.1 cm³/mol. The Morgan fingerprint density at radius 3 is 2.44 bits per heavy atom. The third-order valence-electron chi connectivity index (χ3n) is 3.21. The Labute approximate surface area is 96.0 Å². The molecule has 1 aromatic rings. The number of para-hydroxylation sites is 1. The Balaban J connectivity index is 2.29. The van der Waals surface area contributed by atoms with E-state index < -0.39 is 0 Å². The average Bonchev–Trinajstić information content (AvgIpc) is 2.24. The molecule has 0 radical (unpaired) electrons. The van der Waals surface area contributed by atoms with Crippen molar-refractivity contribution in [1.29, 1.82) is 0 Å². The van der Waals surface area contributed by atoms with E-state index in [2.05, 4.69) is 6.92 Å². The van der Waals surface area contributed by atoms with Gasteiger partial charge in [-0.3, -0.25) is 0 Å². The molecular weight excluding hydrogens is 204 g/mol. The van der Waals surface area contributed by atoms with Crippen LogP contribution in [-0.2, 0) is 9.47 Å². The normalized spacial score (nSPS) is 34.9. The van der Waals surface area contributed by atoms with E-state index in [0.29, 0.717) is 5.75 Å². The van der Waals surface area contributed by atoms with Crippen molar-refractivity contribution in [3.05, 3.63) is 29.8 Å². The van der Waals surface area contributed by atoms with Crippen molar-refractivity contribution in [3.63, 3.8) is 0 Å². The van der Waals surface area contributed by atoms with Crippen molar-refractivity contribution in [2.24, 2.45) is 5.92 Å². The summed E-state index contributed by atoms with van der Waals surface area (Å²) in [7, 11) is 0. The van der Waals surface area contributed by atoms with Gasteiger partial charge in [-0.25, -0.2) is 0 Å². The van der Waals surface area contributed by atoms with Gasteiger partial charge in [0.1, 0.15) is 5.75 Å². The zero-order chi connectivity index (χ0) is 11.7. The van der Waals surface area contributed by atoms with Crippen LogP contribution in [0.15, 0.2) is 24.3 Å². The first-order chi connectivity index (χ1) is 7.59. The molecule has 1 heterocycles. The lowest BCUT2D eigenvalue weighted by Gasteiger charge is -2.38. The Hall–Kier alpha value is -1.06. The highest BCUT2D eigenvalue weighted by Gasteiger charge is 2.34. The number of hydrogen-bond acceptors (Lipinski definition) is 3. The van der Waals surface area contributed by atoms with Crippen LogP contribution in [0.25, 0.3) is 0 Å². The molecule has 0 spiro atoms. The van der Waals surface area contributed by atoms with Gasteiger partial charge in [0.05, 0.1) is 12.2 Å². The Morgan fingerprint density at radius 2 is 1.75 bits per heavy atom. The average molecular weight is 222 g/mol. The minimum absolute atomic E-state index is 0.0973. The number of hydrogen-bond donors (Lipinski definition) is 1. The van der Waals surface area contributed by atoms with Crippen LogP contribution in [0.4, 0.5) is 0 Å². The summed E-state index contributed by atoms with van der Waals surface area (Å²) < 4.78 is 11.3. The van der Waals surface area contributed by atoms with E-state index in [-0.39, 0.29) is 24.4 Å². The first-order valence-electron chi connectivity index (χ1n) is 5.68. The molecule has 16 heavy (non-hydrogen) atoms. The summed E-state index contributed by atoms with van der Waals surface area (Å²) in [6.45, 7) is 6.00. The van der Waals surface area contributed by atoms with Gasteiger partial charge in [-0.1, -0.05) is 25.1 Å². The quantitative estimate of drug-likeness (QED) is 0.794. The van der Waals surface area contributed by atoms with Gasteiger partial charge in [0.15, 0.2) is 6.29 Å². The molecule has 1 saturated heterocycles. The van der Waals surface area contributed by atoms with Crippen LogP contribution in [0.3, 0.4) is 0 Å². The van der Waals surface area contributed by atoms with Crippen molar-refractivity contribution < 1.29 is 14.6 Å². The van der Waals surface area contributed by atoms with Gasteiger partial charge in [-0.2, -0.15) is 0 Å². The van der Waals surface area contributed by atoms with Crippen molar-refractivity contribution in [2.45, 2.75) is 39.3 Å². The molecule has 1 aliphatic heterocycles. The molecule has 1 aromatic carbocycles. The molecule has 4 atom stereocenters. The summed E-state index contributed by atoms with van der Waals surface area (Å²) >= 11 is 0. The predicted octanol–water partition coefficient (Wildman–Crippen LogP) is 2.85. The van der Waals surface area contributed by atoms with Crippen LogP contribution in [0.5, 0.6) is 5.75 Å². The van der Waals surface area contributed by atoms with Crippen LogP contribution in [0.2, 0.25) is 0 Å². The topological polar surface area (TPSA) is 38.7 Å². The molecule has 2 rings (SSSR count). The number of benzene rings is 1. The molecule has 0 aromatic heterocycles. The minimum Gasteiger partial charge on any atom is -0.508 e. The summed E-state index contributed by atoms with van der Waals surface area (Å²) in [6.07, 6.45) is -0.191. The molecule has 0 bridgehead atoms. The molecule has 88 valence electrons. The number of ether oxygens (including phenoxy) is 2. The Bertz CT molecular complexity index is 364. The fourth-order valence-electron chi connectivity index (χ4n) is 2.12. The summed E-state index contributed by atoms with van der Waals surface area (Å²) in [5, 5.41) is 9.83. The van der Waals surface area contributed by atoms with Crippen LogP contribution in [0.1, 0.15) is 32.4 Å². The van der Waals surface area contributed by atoms with Crippen LogP contribution in [0, 0.1) is 5.92 Å². The fraction of sp³-hybridized carbons (Fsp3) is 0.538. The number of aromatic hydroxyl groups is 1. The first-order valence-corrected chi connectivity index (χ1v) is 5.68. The number of phenolic OH excluding ortho intramolecular Hbond substituents is 1. The van der Waals surface area contributed by atoms with Crippen LogP contribution < -0.4 is 0 Å². The van der Waals surface area contributed by atoms with Crippen LogP contribution in [-0.4, -0.2) is 17.5 Å².